The second-order valence-electron chi connectivity index (χ2n) is 3.69. The van der Waals surface area contributed by atoms with E-state index in [2.05, 4.69) is 11.2 Å². The van der Waals surface area contributed by atoms with Crippen molar-refractivity contribution >= 4 is 35.0 Å². The summed E-state index contributed by atoms with van der Waals surface area (Å²) in [5.41, 5.74) is 2.41. The molecule has 16 heavy (non-hydrogen) atoms. The largest absolute Gasteiger partial charge is 0.330 e. The van der Waals surface area contributed by atoms with Gasteiger partial charge in [0, 0.05) is 12.3 Å². The third-order valence-corrected chi connectivity index (χ3v) is 3.49. The van der Waals surface area contributed by atoms with Crippen molar-refractivity contribution < 1.29 is 4.39 Å². The van der Waals surface area contributed by atoms with E-state index in [0.29, 0.717) is 10.3 Å². The van der Waals surface area contributed by atoms with Crippen LogP contribution >= 0.6 is 24.0 Å². The molecular weight excluding hydrogens is 243 g/mol. The monoisotopic (exact) mass is 256 g/mol. The van der Waals surface area contributed by atoms with Gasteiger partial charge in [-0.05, 0) is 43.1 Å². The molecule has 1 heterocycles. The van der Waals surface area contributed by atoms with Crippen molar-refractivity contribution in [2.24, 2.45) is 0 Å². The van der Waals surface area contributed by atoms with Gasteiger partial charge in [-0.25, -0.2) is 4.39 Å². The molecule has 0 bridgehead atoms. The van der Waals surface area contributed by atoms with E-state index in [0.717, 1.165) is 23.3 Å². The molecule has 0 atom stereocenters. The molecule has 0 saturated carbocycles. The van der Waals surface area contributed by atoms with Gasteiger partial charge >= 0.3 is 0 Å². The van der Waals surface area contributed by atoms with Gasteiger partial charge < -0.3 is 9.55 Å². The number of hydrogen-bond donors (Lipinski definition) is 1. The van der Waals surface area contributed by atoms with Gasteiger partial charge in [0.25, 0.3) is 0 Å². The lowest BCUT2D eigenvalue weighted by Crippen LogP contribution is -2.00. The topological polar surface area (TPSA) is 20.7 Å². The normalized spacial score (nSPS) is 11.2. The lowest BCUT2D eigenvalue weighted by molar-refractivity contribution is 0.620. The van der Waals surface area contributed by atoms with Crippen LogP contribution in [0.2, 0.25) is 0 Å². The van der Waals surface area contributed by atoms with E-state index < -0.39 is 0 Å². The Morgan fingerprint density at radius 1 is 1.50 bits per heavy atom. The van der Waals surface area contributed by atoms with E-state index in [-0.39, 0.29) is 5.82 Å². The Hall–Kier alpha value is -0.810. The number of rotatable bonds is 3. The van der Waals surface area contributed by atoms with E-state index in [4.69, 9.17) is 12.2 Å². The van der Waals surface area contributed by atoms with Crippen molar-refractivity contribution in [2.45, 2.75) is 13.5 Å². The Kier molecular flexibility index (Phi) is 3.35. The summed E-state index contributed by atoms with van der Waals surface area (Å²) in [7, 11) is 0. The fraction of sp³-hybridized carbons (Fsp3) is 0.364. The number of fused-ring (bicyclic) bond motifs is 1. The molecule has 1 aromatic carbocycles. The van der Waals surface area contributed by atoms with Crippen LogP contribution in [0.1, 0.15) is 5.56 Å². The molecule has 0 aliphatic heterocycles. The highest BCUT2D eigenvalue weighted by molar-refractivity contribution is 7.98. The number of nitrogens with one attached hydrogen (secondary N) is 1. The highest BCUT2D eigenvalue weighted by Gasteiger charge is 2.07. The van der Waals surface area contributed by atoms with Crippen molar-refractivity contribution in [2.75, 3.05) is 12.0 Å². The molecule has 5 heteroatoms. The van der Waals surface area contributed by atoms with Crippen LogP contribution in [0.4, 0.5) is 4.39 Å². The van der Waals surface area contributed by atoms with E-state index in [9.17, 15) is 4.39 Å². The van der Waals surface area contributed by atoms with Crippen molar-refractivity contribution in [3.8, 4) is 0 Å². The molecule has 0 amide bonds. The van der Waals surface area contributed by atoms with Crippen LogP contribution in [-0.2, 0) is 6.54 Å². The lowest BCUT2D eigenvalue weighted by atomic mass is 10.2. The second kappa shape index (κ2) is 4.59. The number of aromatic nitrogens is 2. The number of imidazole rings is 1. The third-order valence-electron chi connectivity index (χ3n) is 2.57. The quantitative estimate of drug-likeness (QED) is 0.848. The number of benzene rings is 1. The summed E-state index contributed by atoms with van der Waals surface area (Å²) in [6.45, 7) is 2.62. The number of aryl methyl sites for hydroxylation is 2. The maximum Gasteiger partial charge on any atom is 0.178 e. The predicted octanol–water partition coefficient (Wildman–Crippen LogP) is 3.51. The Bertz CT molecular complexity index is 571. The van der Waals surface area contributed by atoms with Crippen LogP contribution in [0.15, 0.2) is 12.1 Å². The van der Waals surface area contributed by atoms with E-state index in [1.54, 1.807) is 18.7 Å². The number of hydrogen-bond acceptors (Lipinski definition) is 2. The lowest BCUT2D eigenvalue weighted by Gasteiger charge is -2.03. The number of H-pyrrole nitrogens is 1. The average Bonchev–Trinajstić information content (AvgIpc) is 2.52. The molecule has 2 nitrogen and oxygen atoms in total. The molecule has 2 rings (SSSR count). The summed E-state index contributed by atoms with van der Waals surface area (Å²) in [6.07, 6.45) is 2.06. The maximum atomic E-state index is 13.4. The summed E-state index contributed by atoms with van der Waals surface area (Å²) in [4.78, 5) is 3.03. The van der Waals surface area contributed by atoms with Gasteiger partial charge in [0.2, 0.25) is 0 Å². The molecule has 0 fully saturated rings. The van der Waals surface area contributed by atoms with E-state index in [1.807, 2.05) is 10.6 Å². The smallest absolute Gasteiger partial charge is 0.178 e. The Labute approximate surface area is 103 Å². The van der Waals surface area contributed by atoms with Gasteiger partial charge in [-0.1, -0.05) is 0 Å². The second-order valence-corrected chi connectivity index (χ2v) is 5.07. The molecule has 0 aliphatic rings. The fourth-order valence-corrected chi connectivity index (χ4v) is 2.35. The summed E-state index contributed by atoms with van der Waals surface area (Å²) < 4.78 is 16.1. The van der Waals surface area contributed by atoms with Crippen LogP contribution in [0.25, 0.3) is 11.0 Å². The van der Waals surface area contributed by atoms with Crippen LogP contribution in [-0.4, -0.2) is 21.6 Å². The molecule has 0 aliphatic carbocycles. The van der Waals surface area contributed by atoms with Crippen molar-refractivity contribution in [1.29, 1.82) is 0 Å². The molecule has 0 unspecified atom stereocenters. The SMILES string of the molecule is CSCCn1c(=S)[nH]c2cc(F)c(C)cc21. The summed E-state index contributed by atoms with van der Waals surface area (Å²) in [5.74, 6) is 0.804. The molecule has 0 spiro atoms. The summed E-state index contributed by atoms with van der Waals surface area (Å²) in [5, 5.41) is 0. The Morgan fingerprint density at radius 2 is 2.25 bits per heavy atom. The molecule has 1 N–H and O–H groups in total. The first kappa shape index (κ1) is 11.7. The molecule has 0 saturated heterocycles. The molecule has 0 radical (unpaired) electrons. The van der Waals surface area contributed by atoms with Gasteiger partial charge in [0.1, 0.15) is 5.82 Å². The minimum atomic E-state index is -0.194. The predicted molar refractivity (Wildman–Crippen MR) is 70.2 cm³/mol. The Morgan fingerprint density at radius 3 is 2.94 bits per heavy atom. The zero-order valence-corrected chi connectivity index (χ0v) is 10.8. The van der Waals surface area contributed by atoms with Gasteiger partial charge in [0.15, 0.2) is 4.77 Å². The first-order chi connectivity index (χ1) is 7.63. The summed E-state index contributed by atoms with van der Waals surface area (Å²) in [6, 6.07) is 3.35. The fourth-order valence-electron chi connectivity index (χ4n) is 1.69. The van der Waals surface area contributed by atoms with Crippen molar-refractivity contribution in [3.05, 3.63) is 28.3 Å². The van der Waals surface area contributed by atoms with Gasteiger partial charge in [-0.3, -0.25) is 0 Å². The number of thioether (sulfide) groups is 1. The first-order valence-electron chi connectivity index (χ1n) is 5.01. The third kappa shape index (κ3) is 2.01. The van der Waals surface area contributed by atoms with Crippen LogP contribution in [0.3, 0.4) is 0 Å². The number of aromatic amines is 1. The zero-order chi connectivity index (χ0) is 11.7. The molecule has 86 valence electrons. The molecular formula is C11H13FN2S2. The zero-order valence-electron chi connectivity index (χ0n) is 9.21. The van der Waals surface area contributed by atoms with Crippen LogP contribution < -0.4 is 0 Å². The minimum Gasteiger partial charge on any atom is -0.330 e. The van der Waals surface area contributed by atoms with Crippen molar-refractivity contribution in [1.82, 2.24) is 9.55 Å². The van der Waals surface area contributed by atoms with Crippen LogP contribution in [0, 0.1) is 17.5 Å². The van der Waals surface area contributed by atoms with E-state index >= 15 is 0 Å². The van der Waals surface area contributed by atoms with Gasteiger partial charge in [-0.15, -0.1) is 0 Å². The van der Waals surface area contributed by atoms with E-state index in [1.165, 1.54) is 6.07 Å². The van der Waals surface area contributed by atoms with Gasteiger partial charge in [0.05, 0.1) is 11.0 Å². The van der Waals surface area contributed by atoms with Gasteiger partial charge in [-0.2, -0.15) is 11.8 Å². The Balaban J connectivity index is 2.60. The highest BCUT2D eigenvalue weighted by Crippen LogP contribution is 2.19. The van der Waals surface area contributed by atoms with Crippen molar-refractivity contribution in [3.63, 3.8) is 0 Å². The maximum absolute atomic E-state index is 13.4. The number of halogens is 1. The number of nitrogens with zero attached hydrogens (tertiary/aromatic N) is 1. The first-order valence-corrected chi connectivity index (χ1v) is 6.81. The molecule has 2 aromatic rings. The standard InChI is InChI=1S/C11H13FN2S2/c1-7-5-10-9(6-8(7)12)13-11(15)14(10)3-4-16-2/h5-6H,3-4H2,1-2H3,(H,13,15). The molecule has 1 aromatic heterocycles. The average molecular weight is 256 g/mol. The van der Waals surface area contributed by atoms with Crippen LogP contribution in [0.5, 0.6) is 0 Å². The summed E-state index contributed by atoms with van der Waals surface area (Å²) >= 11 is 7.00. The highest BCUT2D eigenvalue weighted by atomic mass is 32.2. The minimum absolute atomic E-state index is 0.194.